The van der Waals surface area contributed by atoms with Gasteiger partial charge in [0.25, 0.3) is 11.7 Å². The lowest BCUT2D eigenvalue weighted by atomic mass is 9.89. The van der Waals surface area contributed by atoms with Gasteiger partial charge in [-0.2, -0.15) is 0 Å². The van der Waals surface area contributed by atoms with Gasteiger partial charge in [-0.25, -0.2) is 0 Å². The Kier molecular flexibility index (Phi) is 7.20. The van der Waals surface area contributed by atoms with E-state index in [1.54, 1.807) is 19.1 Å². The number of benzene rings is 2. The van der Waals surface area contributed by atoms with Gasteiger partial charge in [0.15, 0.2) is 0 Å². The Morgan fingerprint density at radius 2 is 1.66 bits per heavy atom. The summed E-state index contributed by atoms with van der Waals surface area (Å²) >= 11 is 0. The lowest BCUT2D eigenvalue weighted by molar-refractivity contribution is -0.141. The number of aryl methyl sites for hydroxylation is 1. The van der Waals surface area contributed by atoms with Crippen LogP contribution in [0.5, 0.6) is 11.5 Å². The fraction of sp³-hybridized carbons (Fsp3) is 0.448. The van der Waals surface area contributed by atoms with Crippen molar-refractivity contribution in [2.75, 3.05) is 14.2 Å². The molecular weight excluding hydrogens is 442 g/mol. The molecule has 6 nitrogen and oxygen atoms in total. The highest BCUT2D eigenvalue weighted by Crippen LogP contribution is 2.46. The number of carbonyl (C=O) groups is 2. The molecule has 2 fully saturated rings. The summed E-state index contributed by atoms with van der Waals surface area (Å²) in [6, 6.07) is 10.4. The van der Waals surface area contributed by atoms with Crippen molar-refractivity contribution in [3.05, 3.63) is 64.2 Å². The predicted molar refractivity (Wildman–Crippen MR) is 136 cm³/mol. The van der Waals surface area contributed by atoms with E-state index in [1.807, 2.05) is 57.2 Å². The minimum absolute atomic E-state index is 0.0522. The summed E-state index contributed by atoms with van der Waals surface area (Å²) in [5.41, 5.74) is 3.06. The van der Waals surface area contributed by atoms with Gasteiger partial charge in [-0.3, -0.25) is 9.59 Å². The predicted octanol–water partition coefficient (Wildman–Crippen LogP) is 5.89. The van der Waals surface area contributed by atoms with Gasteiger partial charge in [-0.1, -0.05) is 51.3 Å². The van der Waals surface area contributed by atoms with Crippen LogP contribution < -0.4 is 9.47 Å². The monoisotopic (exact) mass is 477 g/mol. The zero-order valence-electron chi connectivity index (χ0n) is 21.3. The fourth-order valence-corrected chi connectivity index (χ4v) is 5.51. The van der Waals surface area contributed by atoms with Crippen molar-refractivity contribution in [3.63, 3.8) is 0 Å². The van der Waals surface area contributed by atoms with E-state index in [0.29, 0.717) is 16.9 Å². The minimum Gasteiger partial charge on any atom is -0.507 e. The Hall–Kier alpha value is -3.28. The summed E-state index contributed by atoms with van der Waals surface area (Å²) in [5, 5.41) is 11.7. The number of nitrogens with zero attached hydrogens (tertiary/aromatic N) is 1. The summed E-state index contributed by atoms with van der Waals surface area (Å²) in [6.07, 6.45) is 4.85. The molecule has 1 aliphatic carbocycles. The number of likely N-dealkylation sites (tertiary alicyclic amines) is 1. The third kappa shape index (κ3) is 4.42. The number of ether oxygens (including phenoxy) is 2. The molecule has 186 valence electrons. The molecule has 6 heteroatoms. The molecular formula is C29H35NO5. The van der Waals surface area contributed by atoms with Gasteiger partial charge < -0.3 is 19.5 Å². The highest BCUT2D eigenvalue weighted by atomic mass is 16.5. The molecule has 1 saturated heterocycles. The van der Waals surface area contributed by atoms with Crippen LogP contribution in [0.25, 0.3) is 5.76 Å². The van der Waals surface area contributed by atoms with E-state index in [2.05, 4.69) is 0 Å². The average molecular weight is 478 g/mol. The molecule has 2 aromatic rings. The normalized spacial score (nSPS) is 20.5. The average Bonchev–Trinajstić information content (AvgIpc) is 3.13. The molecule has 4 rings (SSSR count). The van der Waals surface area contributed by atoms with Crippen molar-refractivity contribution >= 4 is 17.4 Å². The van der Waals surface area contributed by atoms with Crippen molar-refractivity contribution in [2.45, 2.75) is 70.9 Å². The van der Waals surface area contributed by atoms with Crippen molar-refractivity contribution in [2.24, 2.45) is 0 Å². The first kappa shape index (κ1) is 24.8. The van der Waals surface area contributed by atoms with Gasteiger partial charge in [0.05, 0.1) is 25.8 Å². The number of carbonyl (C=O) groups excluding carboxylic acids is 2. The van der Waals surface area contributed by atoms with Crippen LogP contribution in [0.2, 0.25) is 0 Å². The molecule has 1 unspecified atom stereocenters. The second-order valence-corrected chi connectivity index (χ2v) is 9.80. The minimum atomic E-state index is -0.710. The first-order chi connectivity index (χ1) is 16.8. The second kappa shape index (κ2) is 10.1. The molecule has 0 aromatic heterocycles. The van der Waals surface area contributed by atoms with Crippen LogP contribution in [0.15, 0.2) is 42.0 Å². The van der Waals surface area contributed by atoms with Gasteiger partial charge in [0, 0.05) is 17.2 Å². The van der Waals surface area contributed by atoms with Gasteiger partial charge >= 0.3 is 0 Å². The van der Waals surface area contributed by atoms with Crippen molar-refractivity contribution in [1.82, 2.24) is 4.90 Å². The molecule has 1 saturated carbocycles. The van der Waals surface area contributed by atoms with E-state index in [-0.39, 0.29) is 23.3 Å². The number of rotatable bonds is 6. The first-order valence-electron chi connectivity index (χ1n) is 12.4. The maximum absolute atomic E-state index is 13.5. The molecule has 1 heterocycles. The topological polar surface area (TPSA) is 76.1 Å². The summed E-state index contributed by atoms with van der Waals surface area (Å²) in [5.74, 6) is 0.111. The fourth-order valence-electron chi connectivity index (χ4n) is 5.51. The Morgan fingerprint density at radius 3 is 2.29 bits per heavy atom. The lowest BCUT2D eigenvalue weighted by Gasteiger charge is -2.36. The van der Waals surface area contributed by atoms with Crippen LogP contribution in [-0.4, -0.2) is 42.0 Å². The van der Waals surface area contributed by atoms with Crippen molar-refractivity contribution in [3.8, 4) is 11.5 Å². The molecule has 0 bridgehead atoms. The van der Waals surface area contributed by atoms with Crippen LogP contribution in [0, 0.1) is 6.92 Å². The number of hydrogen-bond donors (Lipinski definition) is 1. The third-order valence-corrected chi connectivity index (χ3v) is 7.34. The van der Waals surface area contributed by atoms with Crippen LogP contribution in [0.3, 0.4) is 0 Å². The third-order valence-electron chi connectivity index (χ3n) is 7.34. The zero-order chi connectivity index (χ0) is 25.3. The summed E-state index contributed by atoms with van der Waals surface area (Å²) in [6.45, 7) is 5.97. The van der Waals surface area contributed by atoms with Crippen molar-refractivity contribution < 1.29 is 24.2 Å². The van der Waals surface area contributed by atoms with E-state index in [9.17, 15) is 14.7 Å². The number of para-hydroxylation sites is 1. The van der Waals surface area contributed by atoms with Gasteiger partial charge in [-0.15, -0.1) is 0 Å². The van der Waals surface area contributed by atoms with Crippen LogP contribution in [0.4, 0.5) is 0 Å². The molecule has 1 N–H and O–H groups in total. The molecule has 1 aliphatic heterocycles. The first-order valence-corrected chi connectivity index (χ1v) is 12.4. The van der Waals surface area contributed by atoms with E-state index in [4.69, 9.17) is 9.47 Å². The number of amides is 1. The summed E-state index contributed by atoms with van der Waals surface area (Å²) < 4.78 is 11.2. The molecule has 1 amide bonds. The Balaban J connectivity index is 1.96. The smallest absolute Gasteiger partial charge is 0.295 e. The number of aliphatic hydroxyl groups is 1. The van der Waals surface area contributed by atoms with E-state index in [0.717, 1.165) is 49.0 Å². The van der Waals surface area contributed by atoms with E-state index >= 15 is 0 Å². The number of ketones is 1. The number of methoxy groups -OCH3 is 2. The SMILES string of the molecule is COc1cc(C)c(/C(O)=C2\C(=O)C(=O)N(C3CCCCC3)C2c2ccccc2OC)cc1C(C)C. The largest absolute Gasteiger partial charge is 0.507 e. The van der Waals surface area contributed by atoms with Gasteiger partial charge in [-0.05, 0) is 55.0 Å². The number of Topliss-reactive ketones (excluding diaryl/α,β-unsaturated/α-hetero) is 1. The standard InChI is InChI=1S/C29H35NO5/c1-17(2)21-16-22(18(3)15-24(21)35-5)27(31)25-26(20-13-9-10-14-23(20)34-4)30(29(33)28(25)32)19-11-7-6-8-12-19/h9-10,13-17,19,26,31H,6-8,11-12H2,1-5H3/b27-25+. The molecule has 1 atom stereocenters. The highest BCUT2D eigenvalue weighted by molar-refractivity contribution is 6.46. The van der Waals surface area contributed by atoms with Crippen LogP contribution in [-0.2, 0) is 9.59 Å². The molecule has 0 spiro atoms. The van der Waals surface area contributed by atoms with E-state index in [1.165, 1.54) is 0 Å². The second-order valence-electron chi connectivity index (χ2n) is 9.80. The summed E-state index contributed by atoms with van der Waals surface area (Å²) in [7, 11) is 3.20. The quantitative estimate of drug-likeness (QED) is 0.319. The molecule has 2 aromatic carbocycles. The lowest BCUT2D eigenvalue weighted by Crippen LogP contribution is -2.40. The number of aliphatic hydroxyl groups excluding tert-OH is 1. The molecule has 2 aliphatic rings. The zero-order valence-corrected chi connectivity index (χ0v) is 21.3. The molecule has 0 radical (unpaired) electrons. The number of hydrogen-bond acceptors (Lipinski definition) is 5. The van der Waals surface area contributed by atoms with E-state index < -0.39 is 17.7 Å². The Morgan fingerprint density at radius 1 is 1.00 bits per heavy atom. The van der Waals surface area contributed by atoms with Gasteiger partial charge in [0.2, 0.25) is 0 Å². The van der Waals surface area contributed by atoms with Crippen molar-refractivity contribution in [1.29, 1.82) is 0 Å². The highest BCUT2D eigenvalue weighted by Gasteiger charge is 2.49. The Bertz CT molecular complexity index is 1160. The maximum Gasteiger partial charge on any atom is 0.295 e. The van der Waals surface area contributed by atoms with Crippen LogP contribution >= 0.6 is 0 Å². The molecule has 35 heavy (non-hydrogen) atoms. The van der Waals surface area contributed by atoms with Gasteiger partial charge in [0.1, 0.15) is 17.3 Å². The Labute approximate surface area is 207 Å². The van der Waals surface area contributed by atoms with Crippen LogP contribution in [0.1, 0.15) is 80.2 Å². The maximum atomic E-state index is 13.5. The summed E-state index contributed by atoms with van der Waals surface area (Å²) in [4.78, 5) is 28.7.